The number of esters is 1. The Kier molecular flexibility index (Phi) is 6.79. The molecular formula is C26H26N4O4S. The molecule has 0 aliphatic rings. The van der Waals surface area contributed by atoms with Crippen LogP contribution in [0, 0.1) is 13.8 Å². The lowest BCUT2D eigenvalue weighted by Gasteiger charge is -2.21. The molecule has 4 aromatic rings. The Balaban J connectivity index is 1.60. The predicted molar refractivity (Wildman–Crippen MR) is 136 cm³/mol. The smallest absolute Gasteiger partial charge is 0.359 e. The van der Waals surface area contributed by atoms with Gasteiger partial charge in [0.25, 0.3) is 5.56 Å². The summed E-state index contributed by atoms with van der Waals surface area (Å²) in [5.41, 5.74) is 3.15. The molecular weight excluding hydrogens is 464 g/mol. The van der Waals surface area contributed by atoms with Gasteiger partial charge in [-0.25, -0.2) is 14.5 Å². The molecule has 0 spiro atoms. The highest BCUT2D eigenvalue weighted by atomic mass is 32.1. The number of hydrogen-bond acceptors (Lipinski definition) is 7. The number of thiazole rings is 1. The van der Waals surface area contributed by atoms with Gasteiger partial charge in [-0.15, -0.1) is 11.3 Å². The first-order valence-corrected chi connectivity index (χ1v) is 12.1. The van der Waals surface area contributed by atoms with E-state index in [0.29, 0.717) is 21.6 Å². The molecule has 9 heteroatoms. The van der Waals surface area contributed by atoms with E-state index in [1.54, 1.807) is 34.5 Å². The lowest BCUT2D eigenvalue weighted by atomic mass is 10.1. The average Bonchev–Trinajstić information content (AvgIpc) is 3.29. The van der Waals surface area contributed by atoms with E-state index in [-0.39, 0.29) is 29.8 Å². The Hall–Kier alpha value is -3.85. The van der Waals surface area contributed by atoms with E-state index in [9.17, 15) is 14.4 Å². The minimum Gasteiger partial charge on any atom is -0.454 e. The summed E-state index contributed by atoms with van der Waals surface area (Å²) in [4.78, 5) is 44.3. The van der Waals surface area contributed by atoms with E-state index in [4.69, 9.17) is 4.74 Å². The maximum absolute atomic E-state index is 13.0. The highest BCUT2D eigenvalue weighted by Crippen LogP contribution is 2.32. The van der Waals surface area contributed by atoms with E-state index < -0.39 is 5.97 Å². The lowest BCUT2D eigenvalue weighted by Crippen LogP contribution is -2.28. The third-order valence-corrected chi connectivity index (χ3v) is 6.60. The number of ether oxygens (including phenoxy) is 1. The minimum absolute atomic E-state index is 0.0742. The van der Waals surface area contributed by atoms with Gasteiger partial charge < -0.3 is 4.74 Å². The number of rotatable bonds is 6. The van der Waals surface area contributed by atoms with E-state index in [1.807, 2.05) is 45.9 Å². The fraction of sp³-hybridized carbons (Fsp3) is 0.269. The second-order valence-corrected chi connectivity index (χ2v) is 9.35. The van der Waals surface area contributed by atoms with Crippen molar-refractivity contribution in [3.63, 3.8) is 0 Å². The first-order valence-electron chi connectivity index (χ1n) is 11.2. The molecule has 0 fully saturated rings. The number of fused-ring (bicyclic) bond motifs is 1. The lowest BCUT2D eigenvalue weighted by molar-refractivity contribution is -0.115. The molecule has 0 aliphatic heterocycles. The SMILES string of the molecule is CC(=O)N(c1nc(COC(=O)c2nn(C(C)C)c(=O)c3ccccc23)cs1)c1cccc(C)c1C. The molecule has 0 atom stereocenters. The van der Waals surface area contributed by atoms with Gasteiger partial charge in [-0.05, 0) is 51.0 Å². The van der Waals surface area contributed by atoms with E-state index in [0.717, 1.165) is 16.8 Å². The highest BCUT2D eigenvalue weighted by molar-refractivity contribution is 7.14. The van der Waals surface area contributed by atoms with E-state index in [2.05, 4.69) is 10.1 Å². The van der Waals surface area contributed by atoms with Crippen LogP contribution in [0.4, 0.5) is 10.8 Å². The molecule has 35 heavy (non-hydrogen) atoms. The molecule has 2 aromatic carbocycles. The number of benzene rings is 2. The normalized spacial score (nSPS) is 11.1. The Bertz CT molecular complexity index is 1490. The molecule has 0 radical (unpaired) electrons. The summed E-state index contributed by atoms with van der Waals surface area (Å²) in [6, 6.07) is 12.4. The fourth-order valence-corrected chi connectivity index (χ4v) is 4.63. The van der Waals surface area contributed by atoms with E-state index in [1.165, 1.54) is 22.9 Å². The number of amides is 1. The maximum atomic E-state index is 13.0. The summed E-state index contributed by atoms with van der Waals surface area (Å²) in [6.45, 7) is 9.00. The maximum Gasteiger partial charge on any atom is 0.359 e. The van der Waals surface area contributed by atoms with Gasteiger partial charge >= 0.3 is 5.97 Å². The zero-order chi connectivity index (χ0) is 25.3. The molecule has 4 rings (SSSR count). The molecule has 180 valence electrons. The summed E-state index contributed by atoms with van der Waals surface area (Å²) in [6.07, 6.45) is 0. The van der Waals surface area contributed by atoms with Gasteiger partial charge in [0.15, 0.2) is 10.8 Å². The Morgan fingerprint density at radius 1 is 1.09 bits per heavy atom. The number of hydrogen-bond donors (Lipinski definition) is 0. The molecule has 0 bridgehead atoms. The molecule has 2 heterocycles. The van der Waals surface area contributed by atoms with Crippen LogP contribution in [0.2, 0.25) is 0 Å². The number of aromatic nitrogens is 3. The minimum atomic E-state index is -0.650. The summed E-state index contributed by atoms with van der Waals surface area (Å²) in [5.74, 6) is -0.814. The first-order chi connectivity index (χ1) is 16.7. The molecule has 2 aromatic heterocycles. The summed E-state index contributed by atoms with van der Waals surface area (Å²) in [5, 5.41) is 7.38. The number of carbonyl (C=O) groups is 2. The molecule has 0 saturated heterocycles. The van der Waals surface area contributed by atoms with Gasteiger partial charge in [0.05, 0.1) is 22.8 Å². The number of anilines is 2. The third-order valence-electron chi connectivity index (χ3n) is 5.72. The molecule has 0 aliphatic carbocycles. The van der Waals surface area contributed by atoms with Gasteiger partial charge in [0.1, 0.15) is 6.61 Å². The van der Waals surface area contributed by atoms with Crippen molar-refractivity contribution in [3.8, 4) is 0 Å². The van der Waals surface area contributed by atoms with Crippen LogP contribution in [0.3, 0.4) is 0 Å². The van der Waals surface area contributed by atoms with Crippen molar-refractivity contribution in [2.24, 2.45) is 0 Å². The topological polar surface area (TPSA) is 94.4 Å². The highest BCUT2D eigenvalue weighted by Gasteiger charge is 2.22. The fourth-order valence-electron chi connectivity index (χ4n) is 3.77. The number of carbonyl (C=O) groups excluding carboxylic acids is 2. The number of aryl methyl sites for hydroxylation is 1. The second-order valence-electron chi connectivity index (χ2n) is 8.51. The zero-order valence-electron chi connectivity index (χ0n) is 20.2. The molecule has 0 N–H and O–H groups in total. The van der Waals surface area contributed by atoms with Crippen LogP contribution >= 0.6 is 11.3 Å². The monoisotopic (exact) mass is 490 g/mol. The molecule has 0 unspecified atom stereocenters. The molecule has 8 nitrogen and oxygen atoms in total. The van der Waals surface area contributed by atoms with Gasteiger partial charge in [-0.2, -0.15) is 5.10 Å². The van der Waals surface area contributed by atoms with Gasteiger partial charge in [-0.3, -0.25) is 14.5 Å². The largest absolute Gasteiger partial charge is 0.454 e. The van der Waals surface area contributed by atoms with Crippen molar-refractivity contribution >= 4 is 44.8 Å². The summed E-state index contributed by atoms with van der Waals surface area (Å²) >= 11 is 1.30. The van der Waals surface area contributed by atoms with Crippen LogP contribution in [0.5, 0.6) is 0 Å². The molecule has 0 saturated carbocycles. The van der Waals surface area contributed by atoms with Crippen molar-refractivity contribution in [1.82, 2.24) is 14.8 Å². The van der Waals surface area contributed by atoms with Crippen LogP contribution in [-0.4, -0.2) is 26.6 Å². The standard InChI is InChI=1S/C26H26N4O4S/c1-15(2)30-24(32)21-11-7-6-10-20(21)23(28-30)25(33)34-13-19-14-35-26(27-19)29(18(5)31)22-12-8-9-16(3)17(22)4/h6-12,14-15H,13H2,1-5H3. The predicted octanol–water partition coefficient (Wildman–Crippen LogP) is 5.09. The van der Waals surface area contributed by atoms with Gasteiger partial charge in [0.2, 0.25) is 5.91 Å². The van der Waals surface area contributed by atoms with Gasteiger partial charge in [0, 0.05) is 17.7 Å². The second kappa shape index (κ2) is 9.79. The van der Waals surface area contributed by atoms with Crippen LogP contribution in [0.1, 0.15) is 54.1 Å². The van der Waals surface area contributed by atoms with Crippen molar-refractivity contribution in [2.45, 2.75) is 47.3 Å². The van der Waals surface area contributed by atoms with Gasteiger partial charge in [-0.1, -0.05) is 30.3 Å². The first kappa shape index (κ1) is 24.3. The third kappa shape index (κ3) is 4.72. The average molecular weight is 491 g/mol. The Morgan fingerprint density at radius 3 is 2.49 bits per heavy atom. The van der Waals surface area contributed by atoms with Crippen LogP contribution in [-0.2, 0) is 16.1 Å². The van der Waals surface area contributed by atoms with E-state index >= 15 is 0 Å². The van der Waals surface area contributed by atoms with Crippen LogP contribution in [0.25, 0.3) is 10.8 Å². The molecule has 1 amide bonds. The number of nitrogens with zero attached hydrogens (tertiary/aromatic N) is 4. The van der Waals surface area contributed by atoms with Crippen LogP contribution < -0.4 is 10.5 Å². The Labute approximate surface area is 206 Å². The van der Waals surface area contributed by atoms with Crippen LogP contribution in [0.15, 0.2) is 52.6 Å². The quantitative estimate of drug-likeness (QED) is 0.349. The van der Waals surface area contributed by atoms with Crippen molar-refractivity contribution in [2.75, 3.05) is 4.90 Å². The van der Waals surface area contributed by atoms with Crippen molar-refractivity contribution in [1.29, 1.82) is 0 Å². The van der Waals surface area contributed by atoms with Crippen molar-refractivity contribution < 1.29 is 14.3 Å². The summed E-state index contributed by atoms with van der Waals surface area (Å²) < 4.78 is 6.81. The summed E-state index contributed by atoms with van der Waals surface area (Å²) in [7, 11) is 0. The van der Waals surface area contributed by atoms with Crippen molar-refractivity contribution in [3.05, 3.63) is 80.7 Å². The zero-order valence-corrected chi connectivity index (χ0v) is 21.0. The Morgan fingerprint density at radius 2 is 1.80 bits per heavy atom.